The molecule has 0 N–H and O–H groups in total. The summed E-state index contributed by atoms with van der Waals surface area (Å²) in [4.78, 5) is 27.4. The molecule has 0 unspecified atom stereocenters. The highest BCUT2D eigenvalue weighted by Gasteiger charge is 2.04. The highest BCUT2D eigenvalue weighted by Crippen LogP contribution is 2.10. The van der Waals surface area contributed by atoms with Crippen LogP contribution in [0.15, 0.2) is 36.7 Å². The number of esters is 1. The topological polar surface area (TPSA) is 56.3 Å². The molecule has 0 aliphatic heterocycles. The van der Waals surface area contributed by atoms with Crippen molar-refractivity contribution in [2.45, 2.75) is 84.2 Å². The molecule has 0 saturated heterocycles. The summed E-state index contributed by atoms with van der Waals surface area (Å²) in [6.07, 6.45) is 17.6. The van der Waals surface area contributed by atoms with E-state index < -0.39 is 0 Å². The molecule has 0 spiro atoms. The molecule has 4 heteroatoms. The number of pyridine rings is 1. The zero-order valence-corrected chi connectivity index (χ0v) is 16.1. The van der Waals surface area contributed by atoms with Gasteiger partial charge < -0.3 is 4.74 Å². The van der Waals surface area contributed by atoms with Gasteiger partial charge in [0.15, 0.2) is 0 Å². The fourth-order valence-electron chi connectivity index (χ4n) is 2.61. The first-order valence-electron chi connectivity index (χ1n) is 9.93. The molecule has 1 aromatic rings. The molecule has 144 valence electrons. The van der Waals surface area contributed by atoms with Gasteiger partial charge in [-0.2, -0.15) is 0 Å². The molecular weight excluding hydrogens is 326 g/mol. The van der Waals surface area contributed by atoms with Crippen LogP contribution in [0.3, 0.4) is 0 Å². The van der Waals surface area contributed by atoms with Gasteiger partial charge in [0.25, 0.3) is 0 Å². The highest BCUT2D eigenvalue weighted by molar-refractivity contribution is 5.78. The van der Waals surface area contributed by atoms with Crippen LogP contribution >= 0.6 is 0 Å². The smallest absolute Gasteiger partial charge is 0.306 e. The second-order valence-electron chi connectivity index (χ2n) is 6.63. The van der Waals surface area contributed by atoms with E-state index in [1.54, 1.807) is 12.4 Å². The lowest BCUT2D eigenvalue weighted by molar-refractivity contribution is -0.145. The molecule has 1 rings (SSSR count). The summed E-state index contributed by atoms with van der Waals surface area (Å²) in [5.41, 5.74) is 0.903. The van der Waals surface area contributed by atoms with E-state index in [1.807, 2.05) is 12.1 Å². The molecule has 1 aromatic heterocycles. The molecule has 0 amide bonds. The van der Waals surface area contributed by atoms with E-state index in [9.17, 15) is 9.59 Å². The molecule has 0 aromatic carbocycles. The van der Waals surface area contributed by atoms with Gasteiger partial charge >= 0.3 is 5.97 Å². The molecule has 0 atom stereocenters. The Kier molecular flexibility index (Phi) is 13.0. The van der Waals surface area contributed by atoms with Crippen molar-refractivity contribution in [2.24, 2.45) is 0 Å². The predicted molar refractivity (Wildman–Crippen MR) is 105 cm³/mol. The number of ketones is 1. The summed E-state index contributed by atoms with van der Waals surface area (Å²) in [7, 11) is 0. The van der Waals surface area contributed by atoms with Crippen LogP contribution in [-0.4, -0.2) is 16.7 Å². The average molecular weight is 360 g/mol. The maximum atomic E-state index is 11.8. The number of ether oxygens (including phenoxy) is 1. The summed E-state index contributed by atoms with van der Waals surface area (Å²) in [5, 5.41) is 0. The van der Waals surface area contributed by atoms with Crippen LogP contribution in [-0.2, 0) is 20.9 Å². The van der Waals surface area contributed by atoms with Crippen LogP contribution in [0.25, 0.3) is 0 Å². The monoisotopic (exact) mass is 359 g/mol. The van der Waals surface area contributed by atoms with E-state index in [0.717, 1.165) is 50.5 Å². The average Bonchev–Trinajstić information content (AvgIpc) is 2.66. The second-order valence-corrected chi connectivity index (χ2v) is 6.63. The summed E-state index contributed by atoms with van der Waals surface area (Å²) >= 11 is 0. The lowest BCUT2D eigenvalue weighted by Crippen LogP contribution is -2.04. The van der Waals surface area contributed by atoms with Gasteiger partial charge in [-0.1, -0.05) is 44.4 Å². The van der Waals surface area contributed by atoms with Gasteiger partial charge in [0.05, 0.1) is 0 Å². The standard InChI is InChI=1S/C22H33NO3/c1-2-3-4-5-6-9-14-21(24)15-10-7-8-11-16-22(25)26-19-20-13-12-17-23-18-20/h4-5,12-13,17-18H,2-3,6-11,14-16,19H2,1H3/b5-4-. The molecule has 0 aliphatic rings. The Bertz CT molecular complexity index is 525. The van der Waals surface area contributed by atoms with Crippen molar-refractivity contribution in [1.82, 2.24) is 4.98 Å². The quantitative estimate of drug-likeness (QED) is 0.234. The molecule has 1 heterocycles. The molecule has 0 aliphatic carbocycles. The third-order valence-corrected chi connectivity index (χ3v) is 4.16. The molecule has 0 saturated carbocycles. The molecule has 0 fully saturated rings. The van der Waals surface area contributed by atoms with Gasteiger partial charge in [0.1, 0.15) is 12.4 Å². The van der Waals surface area contributed by atoms with Crippen LogP contribution in [0.1, 0.15) is 83.1 Å². The van der Waals surface area contributed by atoms with Gasteiger partial charge in [-0.05, 0) is 38.2 Å². The van der Waals surface area contributed by atoms with E-state index in [4.69, 9.17) is 4.74 Å². The van der Waals surface area contributed by atoms with E-state index in [2.05, 4.69) is 24.1 Å². The van der Waals surface area contributed by atoms with E-state index in [0.29, 0.717) is 25.0 Å². The van der Waals surface area contributed by atoms with Crippen molar-refractivity contribution in [3.63, 3.8) is 0 Å². The van der Waals surface area contributed by atoms with Gasteiger partial charge in [-0.3, -0.25) is 14.6 Å². The summed E-state index contributed by atoms with van der Waals surface area (Å²) in [5.74, 6) is 0.200. The first kappa shape index (κ1) is 22.1. The predicted octanol–water partition coefficient (Wildman–Crippen LogP) is 5.56. The lowest BCUT2D eigenvalue weighted by Gasteiger charge is -2.05. The van der Waals surface area contributed by atoms with Crippen molar-refractivity contribution in [3.05, 3.63) is 42.2 Å². The maximum Gasteiger partial charge on any atom is 0.306 e. The first-order valence-corrected chi connectivity index (χ1v) is 9.93. The number of aromatic nitrogens is 1. The maximum absolute atomic E-state index is 11.8. The van der Waals surface area contributed by atoms with Crippen molar-refractivity contribution in [2.75, 3.05) is 0 Å². The van der Waals surface area contributed by atoms with Gasteiger partial charge in [0, 0.05) is 37.2 Å². The zero-order valence-electron chi connectivity index (χ0n) is 16.1. The fourth-order valence-corrected chi connectivity index (χ4v) is 2.61. The Balaban J connectivity index is 1.92. The van der Waals surface area contributed by atoms with E-state index >= 15 is 0 Å². The number of hydrogen-bond donors (Lipinski definition) is 0. The van der Waals surface area contributed by atoms with Crippen molar-refractivity contribution in [3.8, 4) is 0 Å². The van der Waals surface area contributed by atoms with Crippen molar-refractivity contribution in [1.29, 1.82) is 0 Å². The van der Waals surface area contributed by atoms with E-state index in [1.165, 1.54) is 6.42 Å². The van der Waals surface area contributed by atoms with Crippen molar-refractivity contribution >= 4 is 11.8 Å². The summed E-state index contributed by atoms with van der Waals surface area (Å²) in [6, 6.07) is 3.71. The minimum atomic E-state index is -0.166. The third kappa shape index (κ3) is 12.4. The largest absolute Gasteiger partial charge is 0.461 e. The Morgan fingerprint density at radius 1 is 1.00 bits per heavy atom. The van der Waals surface area contributed by atoms with Crippen LogP contribution < -0.4 is 0 Å². The number of hydrogen-bond acceptors (Lipinski definition) is 4. The second kappa shape index (κ2) is 15.3. The van der Waals surface area contributed by atoms with E-state index in [-0.39, 0.29) is 12.6 Å². The minimum Gasteiger partial charge on any atom is -0.461 e. The Hall–Kier alpha value is -1.97. The summed E-state index contributed by atoms with van der Waals surface area (Å²) in [6.45, 7) is 2.45. The number of carbonyl (C=O) groups is 2. The Morgan fingerprint density at radius 3 is 2.46 bits per heavy atom. The molecule has 0 bridgehead atoms. The Labute approximate surface area is 158 Å². The molecule has 4 nitrogen and oxygen atoms in total. The number of Topliss-reactive ketones (excluding diaryl/α,β-unsaturated/α-hetero) is 1. The van der Waals surface area contributed by atoms with Gasteiger partial charge in [-0.15, -0.1) is 0 Å². The number of nitrogens with zero attached hydrogens (tertiary/aromatic N) is 1. The number of carbonyl (C=O) groups excluding carboxylic acids is 2. The normalized spacial score (nSPS) is 11.0. The van der Waals surface area contributed by atoms with Crippen molar-refractivity contribution < 1.29 is 14.3 Å². The van der Waals surface area contributed by atoms with Gasteiger partial charge in [-0.25, -0.2) is 0 Å². The van der Waals surface area contributed by atoms with Crippen LogP contribution in [0.5, 0.6) is 0 Å². The number of allylic oxidation sites excluding steroid dienone is 2. The summed E-state index contributed by atoms with van der Waals surface area (Å²) < 4.78 is 5.21. The zero-order chi connectivity index (χ0) is 18.9. The molecule has 0 radical (unpaired) electrons. The SMILES string of the molecule is CCC/C=C\CCCC(=O)CCCCCCC(=O)OCc1cccnc1. The third-order valence-electron chi connectivity index (χ3n) is 4.16. The number of rotatable bonds is 15. The highest BCUT2D eigenvalue weighted by atomic mass is 16.5. The molecule has 26 heavy (non-hydrogen) atoms. The Morgan fingerprint density at radius 2 is 1.73 bits per heavy atom. The minimum absolute atomic E-state index is 0.166. The molecular formula is C22H33NO3. The fraction of sp³-hybridized carbons (Fsp3) is 0.591. The van der Waals surface area contributed by atoms with Crippen LogP contribution in [0, 0.1) is 0 Å². The van der Waals surface area contributed by atoms with Crippen LogP contribution in [0.2, 0.25) is 0 Å². The van der Waals surface area contributed by atoms with Crippen LogP contribution in [0.4, 0.5) is 0 Å². The van der Waals surface area contributed by atoms with Gasteiger partial charge in [0.2, 0.25) is 0 Å². The number of unbranched alkanes of at least 4 members (excludes halogenated alkanes) is 5. The first-order chi connectivity index (χ1) is 12.7. The lowest BCUT2D eigenvalue weighted by atomic mass is 10.0.